The fraction of sp³-hybridized carbons (Fsp3) is 0.826. The fourth-order valence-corrected chi connectivity index (χ4v) is 6.98. The second-order valence-corrected chi connectivity index (χ2v) is 11.5. The Kier molecular flexibility index (Phi) is 6.54. The molecule has 10 atom stereocenters. The molecule has 0 aliphatic carbocycles. The quantitative estimate of drug-likeness (QED) is 0.231. The molecule has 0 N–H and O–H groups in total. The van der Waals surface area contributed by atoms with E-state index in [0.29, 0.717) is 19.4 Å². The minimum Gasteiger partial charge on any atom is -0.369 e. The predicted molar refractivity (Wildman–Crippen MR) is 124 cm³/mol. The van der Waals surface area contributed by atoms with Gasteiger partial charge in [0.2, 0.25) is 5.79 Å². The van der Waals surface area contributed by atoms with Crippen LogP contribution in [0.2, 0.25) is 0 Å². The van der Waals surface area contributed by atoms with Gasteiger partial charge in [0.15, 0.2) is 5.79 Å². The summed E-state index contributed by atoms with van der Waals surface area (Å²) in [6.07, 6.45) is 6.37. The first-order valence-electron chi connectivity index (χ1n) is 11.5. The molecule has 0 aromatic carbocycles. The van der Waals surface area contributed by atoms with E-state index >= 15 is 0 Å². The van der Waals surface area contributed by atoms with Gasteiger partial charge in [0.1, 0.15) is 30.5 Å². The topological polar surface area (TPSA) is 55.4 Å². The lowest BCUT2D eigenvalue weighted by Gasteiger charge is -2.47. The minimum atomic E-state index is -0.884. The molecule has 6 bridgehead atoms. The summed E-state index contributed by atoms with van der Waals surface area (Å²) in [5, 5.41) is -0.0204. The molecular formula is C23H32ClIO6. The number of alkyl halides is 1. The zero-order valence-electron chi connectivity index (χ0n) is 18.0. The molecule has 0 aromatic heterocycles. The molecule has 6 aliphatic heterocycles. The first-order chi connectivity index (χ1) is 14.9. The Balaban J connectivity index is 1.43. The Bertz CT molecular complexity index is 722. The van der Waals surface area contributed by atoms with E-state index in [0.717, 1.165) is 35.7 Å². The number of halogens is 2. The summed E-state index contributed by atoms with van der Waals surface area (Å²) >= 11 is 8.82. The Morgan fingerprint density at radius 3 is 2.74 bits per heavy atom. The maximum absolute atomic E-state index is 6.80. The second-order valence-electron chi connectivity index (χ2n) is 9.41. The Hall–Kier alpha value is 0.260. The highest BCUT2D eigenvalue weighted by molar-refractivity contribution is 14.1. The van der Waals surface area contributed by atoms with Crippen molar-refractivity contribution in [2.24, 2.45) is 0 Å². The molecular weight excluding hydrogens is 535 g/mol. The van der Waals surface area contributed by atoms with Gasteiger partial charge in [-0.3, -0.25) is 0 Å². The lowest BCUT2D eigenvalue weighted by molar-refractivity contribution is -0.304. The monoisotopic (exact) mass is 566 g/mol. The van der Waals surface area contributed by atoms with E-state index in [1.807, 2.05) is 0 Å². The van der Waals surface area contributed by atoms with Crippen LogP contribution in [0.3, 0.4) is 0 Å². The summed E-state index contributed by atoms with van der Waals surface area (Å²) in [5.41, 5.74) is 0. The van der Waals surface area contributed by atoms with Crippen molar-refractivity contribution in [3.05, 3.63) is 22.8 Å². The van der Waals surface area contributed by atoms with Crippen molar-refractivity contribution in [1.82, 2.24) is 0 Å². The van der Waals surface area contributed by atoms with Gasteiger partial charge in [-0.05, 0) is 58.3 Å². The average Bonchev–Trinajstić information content (AvgIpc) is 3.10. The molecule has 31 heavy (non-hydrogen) atoms. The third kappa shape index (κ3) is 4.05. The van der Waals surface area contributed by atoms with E-state index in [4.69, 9.17) is 40.0 Å². The van der Waals surface area contributed by atoms with Crippen molar-refractivity contribution < 1.29 is 28.4 Å². The minimum absolute atomic E-state index is 0.00373. The molecule has 6 aliphatic rings. The molecule has 0 amide bonds. The molecule has 8 heteroatoms. The zero-order valence-corrected chi connectivity index (χ0v) is 20.9. The molecule has 6 heterocycles. The smallest absolute Gasteiger partial charge is 0.203 e. The Morgan fingerprint density at radius 1 is 1.19 bits per heavy atom. The van der Waals surface area contributed by atoms with Gasteiger partial charge < -0.3 is 28.4 Å². The standard InChI is InChI=1S/C23H32ClIO6/c1-4-10-26-23-12-22(9-8-14(24)11-13(3)25)29-18-17-16(7-6-15(5-2)27-17)28-20(19(18)30-23)21(23)31-22/h4,14-21H,1,3,5-12H2,2H3. The Morgan fingerprint density at radius 2 is 2.00 bits per heavy atom. The Labute approximate surface area is 203 Å². The predicted octanol–water partition coefficient (Wildman–Crippen LogP) is 4.62. The van der Waals surface area contributed by atoms with Crippen LogP contribution >= 0.6 is 34.2 Å². The number of rotatable bonds is 9. The lowest BCUT2D eigenvalue weighted by Crippen LogP contribution is -2.61. The molecule has 6 nitrogen and oxygen atoms in total. The summed E-state index contributed by atoms with van der Waals surface area (Å²) in [4.78, 5) is 0. The summed E-state index contributed by atoms with van der Waals surface area (Å²) in [6.45, 7) is 10.3. The van der Waals surface area contributed by atoms with Gasteiger partial charge in [-0.1, -0.05) is 19.6 Å². The maximum atomic E-state index is 6.80. The van der Waals surface area contributed by atoms with Gasteiger partial charge in [0.25, 0.3) is 0 Å². The molecule has 0 spiro atoms. The van der Waals surface area contributed by atoms with Crippen molar-refractivity contribution in [1.29, 1.82) is 0 Å². The molecule has 10 unspecified atom stereocenters. The van der Waals surface area contributed by atoms with E-state index < -0.39 is 11.6 Å². The van der Waals surface area contributed by atoms with Crippen LogP contribution in [0.4, 0.5) is 0 Å². The zero-order chi connectivity index (χ0) is 21.8. The highest BCUT2D eigenvalue weighted by Crippen LogP contribution is 2.59. The molecule has 0 saturated carbocycles. The molecule has 6 rings (SSSR count). The summed E-state index contributed by atoms with van der Waals surface area (Å²) in [5.74, 6) is -1.70. The average molecular weight is 567 g/mol. The third-order valence-electron chi connectivity index (χ3n) is 7.25. The van der Waals surface area contributed by atoms with E-state index in [1.54, 1.807) is 6.08 Å². The van der Waals surface area contributed by atoms with Crippen LogP contribution in [0, 0.1) is 0 Å². The second kappa shape index (κ2) is 8.80. The van der Waals surface area contributed by atoms with Gasteiger partial charge in [-0.15, -0.1) is 18.2 Å². The van der Waals surface area contributed by atoms with E-state index in [-0.39, 0.29) is 48.1 Å². The maximum Gasteiger partial charge on any atom is 0.203 e. The van der Waals surface area contributed by atoms with Crippen molar-refractivity contribution >= 4 is 34.2 Å². The largest absolute Gasteiger partial charge is 0.369 e. The van der Waals surface area contributed by atoms with Gasteiger partial charge in [-0.2, -0.15) is 0 Å². The number of allylic oxidation sites excluding steroid dienone is 1. The van der Waals surface area contributed by atoms with Crippen LogP contribution in [0.25, 0.3) is 0 Å². The number of hydrogen-bond donors (Lipinski definition) is 0. The van der Waals surface area contributed by atoms with Crippen molar-refractivity contribution in [2.75, 3.05) is 6.61 Å². The van der Waals surface area contributed by atoms with Crippen molar-refractivity contribution in [3.8, 4) is 0 Å². The summed E-state index contributed by atoms with van der Waals surface area (Å²) in [7, 11) is 0. The van der Waals surface area contributed by atoms with Crippen LogP contribution in [-0.4, -0.2) is 66.3 Å². The third-order valence-corrected chi connectivity index (χ3v) is 8.06. The number of hydrogen-bond acceptors (Lipinski definition) is 6. The van der Waals surface area contributed by atoms with Crippen LogP contribution in [0.1, 0.15) is 51.9 Å². The molecule has 0 aromatic rings. The summed E-state index contributed by atoms with van der Waals surface area (Å²) < 4.78 is 40.3. The molecule has 174 valence electrons. The normalized spacial score (nSPS) is 48.3. The SMILES string of the molecule is C=CCOC12CC3(CCC(Cl)CC(=C)I)OC4C5OC(CC)CCC5OC(C4O1)C2O3. The van der Waals surface area contributed by atoms with Crippen LogP contribution in [-0.2, 0) is 28.4 Å². The molecule has 6 saturated heterocycles. The van der Waals surface area contributed by atoms with Crippen LogP contribution in [0.5, 0.6) is 0 Å². The molecule has 6 fully saturated rings. The van der Waals surface area contributed by atoms with E-state index in [1.165, 1.54) is 0 Å². The first-order valence-corrected chi connectivity index (χ1v) is 13.0. The number of fused-ring (bicyclic) bond motifs is 1. The highest BCUT2D eigenvalue weighted by Gasteiger charge is 2.75. The van der Waals surface area contributed by atoms with Crippen LogP contribution < -0.4 is 0 Å². The van der Waals surface area contributed by atoms with E-state index in [2.05, 4.69) is 42.7 Å². The van der Waals surface area contributed by atoms with Gasteiger partial charge in [-0.25, -0.2) is 0 Å². The highest BCUT2D eigenvalue weighted by atomic mass is 127. The van der Waals surface area contributed by atoms with Gasteiger partial charge >= 0.3 is 0 Å². The fourth-order valence-electron chi connectivity index (χ4n) is 5.90. The lowest BCUT2D eigenvalue weighted by atomic mass is 9.86. The first kappa shape index (κ1) is 23.0. The summed E-state index contributed by atoms with van der Waals surface area (Å²) in [6, 6.07) is 0. The van der Waals surface area contributed by atoms with Gasteiger partial charge in [0.05, 0.1) is 25.2 Å². The number of ether oxygens (including phenoxy) is 6. The van der Waals surface area contributed by atoms with Crippen molar-refractivity contribution in [3.63, 3.8) is 0 Å². The van der Waals surface area contributed by atoms with Crippen LogP contribution in [0.15, 0.2) is 22.8 Å². The van der Waals surface area contributed by atoms with Gasteiger partial charge in [0, 0.05) is 11.8 Å². The van der Waals surface area contributed by atoms with Crippen molar-refractivity contribution in [2.45, 2.75) is 112 Å². The molecule has 0 radical (unpaired) electrons. The van der Waals surface area contributed by atoms with E-state index in [9.17, 15) is 0 Å².